The molecule has 0 unspecified atom stereocenters. The molecule has 3 aromatic heterocycles. The number of pyridine rings is 1. The maximum atomic E-state index is 16.7. The van der Waals surface area contributed by atoms with Gasteiger partial charge in [-0.3, -0.25) is 14.8 Å². The Bertz CT molecular complexity index is 1770. The molecule has 4 aromatic rings. The van der Waals surface area contributed by atoms with Gasteiger partial charge in [-0.15, -0.1) is 11.3 Å². The molecule has 3 aliphatic heterocycles. The minimum Gasteiger partial charge on any atom is -0.389 e. The molecule has 0 bridgehead atoms. The number of ether oxygens (including phenoxy) is 2. The van der Waals surface area contributed by atoms with Crippen molar-refractivity contribution in [1.82, 2.24) is 24.8 Å². The van der Waals surface area contributed by atoms with Gasteiger partial charge in [-0.25, -0.2) is 18.7 Å². The Hall–Kier alpha value is -3.54. The lowest BCUT2D eigenvalue weighted by atomic mass is 9.94. The van der Waals surface area contributed by atoms with Crippen LogP contribution < -0.4 is 10.6 Å². The fourth-order valence-corrected chi connectivity index (χ4v) is 7.83. The largest absolute Gasteiger partial charge is 0.389 e. The average Bonchev–Trinajstić information content (AvgIpc) is 3.74. The second-order valence-corrected chi connectivity index (χ2v) is 12.4. The summed E-state index contributed by atoms with van der Waals surface area (Å²) in [6.45, 7) is 9.06. The summed E-state index contributed by atoms with van der Waals surface area (Å²) in [5, 5.41) is 10.8. The van der Waals surface area contributed by atoms with Crippen molar-refractivity contribution in [3.05, 3.63) is 40.7 Å². The van der Waals surface area contributed by atoms with Crippen LogP contribution >= 0.6 is 11.3 Å². The van der Waals surface area contributed by atoms with E-state index >= 15 is 4.39 Å². The molecule has 3 aliphatic rings. The number of hydrogen-bond donors (Lipinski definition) is 1. The zero-order valence-corrected chi connectivity index (χ0v) is 24.9. The molecule has 0 radical (unpaired) electrons. The van der Waals surface area contributed by atoms with E-state index in [1.54, 1.807) is 13.3 Å². The molecule has 0 saturated carbocycles. The smallest absolute Gasteiger partial charge is 0.226 e. The number of halogens is 2. The van der Waals surface area contributed by atoms with Gasteiger partial charge in [0.2, 0.25) is 5.95 Å². The first-order valence-corrected chi connectivity index (χ1v) is 15.3. The van der Waals surface area contributed by atoms with Crippen molar-refractivity contribution in [2.75, 3.05) is 63.6 Å². The summed E-state index contributed by atoms with van der Waals surface area (Å²) < 4.78 is 42.6. The predicted molar refractivity (Wildman–Crippen MR) is 161 cm³/mol. The second-order valence-electron chi connectivity index (χ2n) is 11.3. The van der Waals surface area contributed by atoms with E-state index in [2.05, 4.69) is 32.7 Å². The number of thiophene rings is 1. The zero-order valence-electron chi connectivity index (χ0n) is 24.1. The number of anilines is 2. The Balaban J connectivity index is 1.26. The molecule has 43 heavy (non-hydrogen) atoms. The number of benzene rings is 1. The van der Waals surface area contributed by atoms with Crippen LogP contribution in [0, 0.1) is 23.0 Å². The lowest BCUT2D eigenvalue weighted by Crippen LogP contribution is -2.53. The number of rotatable bonds is 6. The molecule has 1 aromatic carbocycles. The van der Waals surface area contributed by atoms with Crippen molar-refractivity contribution < 1.29 is 18.3 Å². The van der Waals surface area contributed by atoms with Crippen LogP contribution in [0.5, 0.6) is 0 Å². The highest BCUT2D eigenvalue weighted by Crippen LogP contribution is 2.45. The van der Waals surface area contributed by atoms with Crippen LogP contribution in [0.2, 0.25) is 0 Å². The van der Waals surface area contributed by atoms with E-state index < -0.39 is 11.6 Å². The van der Waals surface area contributed by atoms with Crippen molar-refractivity contribution in [3.63, 3.8) is 0 Å². The minimum atomic E-state index is -0.607. The van der Waals surface area contributed by atoms with Gasteiger partial charge in [0, 0.05) is 81.0 Å². The molecular weight excluding hydrogens is 574 g/mol. The van der Waals surface area contributed by atoms with Gasteiger partial charge in [-0.05, 0) is 24.5 Å². The van der Waals surface area contributed by atoms with E-state index in [1.165, 1.54) is 0 Å². The number of methoxy groups -OCH3 is 1. The van der Waals surface area contributed by atoms with Crippen LogP contribution in [0.4, 0.5) is 19.7 Å². The Morgan fingerprint density at radius 2 is 1.93 bits per heavy atom. The predicted octanol–water partition coefficient (Wildman–Crippen LogP) is 3.90. The van der Waals surface area contributed by atoms with Gasteiger partial charge in [-0.2, -0.15) is 5.26 Å². The number of nitriles is 1. The van der Waals surface area contributed by atoms with E-state index in [0.717, 1.165) is 75.4 Å². The zero-order chi connectivity index (χ0) is 29.8. The quantitative estimate of drug-likeness (QED) is 0.346. The van der Waals surface area contributed by atoms with Gasteiger partial charge < -0.3 is 20.1 Å². The molecule has 2 saturated heterocycles. The molecule has 0 spiro atoms. The minimum absolute atomic E-state index is 0.0917. The highest BCUT2D eigenvalue weighted by atomic mass is 32.1. The topological polar surface area (TPSA) is 117 Å². The molecule has 10 nitrogen and oxygen atoms in total. The summed E-state index contributed by atoms with van der Waals surface area (Å²) in [4.78, 5) is 20.9. The number of hydrogen-bond acceptors (Lipinski definition) is 11. The summed E-state index contributed by atoms with van der Waals surface area (Å²) in [5.41, 5.74) is 8.03. The Labute approximate surface area is 251 Å². The van der Waals surface area contributed by atoms with Crippen LogP contribution in [-0.2, 0) is 22.7 Å². The average molecular weight is 607 g/mol. The van der Waals surface area contributed by atoms with E-state index in [4.69, 9.17) is 25.2 Å². The first-order valence-electron chi connectivity index (χ1n) is 14.5. The molecule has 2 fully saturated rings. The number of nitrogens with two attached hydrogens (primary N) is 1. The van der Waals surface area contributed by atoms with E-state index in [0.29, 0.717) is 22.9 Å². The number of fused-ring (bicyclic) bond motifs is 4. The molecule has 224 valence electrons. The first kappa shape index (κ1) is 28.2. The Kier molecular flexibility index (Phi) is 7.35. The van der Waals surface area contributed by atoms with Crippen molar-refractivity contribution in [2.24, 2.45) is 0 Å². The fourth-order valence-electron chi connectivity index (χ4n) is 6.91. The molecular formula is C30H32F2N8O2S. The van der Waals surface area contributed by atoms with Gasteiger partial charge in [0.25, 0.3) is 0 Å². The lowest BCUT2D eigenvalue weighted by Gasteiger charge is -2.40. The third-order valence-corrected chi connectivity index (χ3v) is 10.2. The normalized spacial score (nSPS) is 21.2. The molecule has 7 rings (SSSR count). The highest BCUT2D eigenvalue weighted by molar-refractivity contribution is 7.23. The van der Waals surface area contributed by atoms with Gasteiger partial charge in [0.15, 0.2) is 11.6 Å². The highest BCUT2D eigenvalue weighted by Gasteiger charge is 2.38. The molecule has 6 heterocycles. The van der Waals surface area contributed by atoms with Crippen molar-refractivity contribution in [2.45, 2.75) is 38.6 Å². The Morgan fingerprint density at radius 3 is 2.70 bits per heavy atom. The maximum absolute atomic E-state index is 16.7. The summed E-state index contributed by atoms with van der Waals surface area (Å²) in [6.07, 6.45) is 3.71. The van der Waals surface area contributed by atoms with Crippen LogP contribution in [0.15, 0.2) is 12.4 Å². The van der Waals surface area contributed by atoms with Gasteiger partial charge >= 0.3 is 0 Å². The first-order chi connectivity index (χ1) is 20.9. The summed E-state index contributed by atoms with van der Waals surface area (Å²) in [7, 11) is 1.73. The standard InChI is InChI=1S/C30H32F2N8O2S/c1-16-22(39-7-5-38(6-8-39)9-10-41-2)3-4-40(16)30-36-12-18-19-14-42-15-20(19)23(25(32)26(18)37-30)27-24-17(11-33)29(34)43-28(24)21(31)13-35-27/h12-13,16,22H,3-10,14-15,34H2,1-2H3/t16-,22-/m0/s1. The maximum Gasteiger partial charge on any atom is 0.226 e. The van der Waals surface area contributed by atoms with Gasteiger partial charge in [0.1, 0.15) is 16.6 Å². The van der Waals surface area contributed by atoms with Crippen molar-refractivity contribution in [1.29, 1.82) is 5.26 Å². The second kappa shape index (κ2) is 11.2. The third-order valence-electron chi connectivity index (χ3n) is 9.19. The van der Waals surface area contributed by atoms with Crippen LogP contribution in [0.3, 0.4) is 0 Å². The Morgan fingerprint density at radius 1 is 1.14 bits per heavy atom. The monoisotopic (exact) mass is 606 g/mol. The molecule has 2 N–H and O–H groups in total. The molecule has 0 amide bonds. The van der Waals surface area contributed by atoms with Gasteiger partial charge in [-0.1, -0.05) is 0 Å². The van der Waals surface area contributed by atoms with Gasteiger partial charge in [0.05, 0.1) is 42.0 Å². The van der Waals surface area contributed by atoms with Crippen molar-refractivity contribution >= 4 is 43.3 Å². The van der Waals surface area contributed by atoms with Crippen LogP contribution in [0.1, 0.15) is 30.0 Å². The number of piperazine rings is 1. The fraction of sp³-hybridized carbons (Fsp3) is 0.467. The SMILES string of the molecule is COCCN1CCN([C@H]2CCN(c3ncc4c5c(c(-c6ncc(F)c7sc(N)c(C#N)c67)c(F)c4n3)COC5)[C@H]2C)CC1. The number of aromatic nitrogens is 3. The number of nitrogen functional groups attached to an aromatic ring is 1. The van der Waals surface area contributed by atoms with Crippen LogP contribution in [0.25, 0.3) is 32.2 Å². The summed E-state index contributed by atoms with van der Waals surface area (Å²) in [5.74, 6) is -0.725. The summed E-state index contributed by atoms with van der Waals surface area (Å²) >= 11 is 0.958. The van der Waals surface area contributed by atoms with E-state index in [-0.39, 0.29) is 56.7 Å². The van der Waals surface area contributed by atoms with Crippen molar-refractivity contribution in [3.8, 4) is 17.3 Å². The molecule has 0 aliphatic carbocycles. The lowest BCUT2D eigenvalue weighted by molar-refractivity contribution is 0.0731. The summed E-state index contributed by atoms with van der Waals surface area (Å²) in [6, 6.07) is 2.55. The van der Waals surface area contributed by atoms with E-state index in [9.17, 15) is 9.65 Å². The molecule has 2 atom stereocenters. The van der Waals surface area contributed by atoms with Crippen LogP contribution in [-0.4, -0.2) is 89.8 Å². The number of nitrogens with zero attached hydrogens (tertiary/aromatic N) is 7. The third kappa shape index (κ3) is 4.60. The molecule has 13 heteroatoms. The van der Waals surface area contributed by atoms with E-state index in [1.807, 2.05) is 0 Å².